The smallest absolute Gasteiger partial charge is 0.269 e. The van der Waals surface area contributed by atoms with E-state index in [9.17, 15) is 13.2 Å². The van der Waals surface area contributed by atoms with Crippen molar-refractivity contribution in [3.63, 3.8) is 0 Å². The molecule has 7 heteroatoms. The summed E-state index contributed by atoms with van der Waals surface area (Å²) in [6.07, 6.45) is 0. The van der Waals surface area contributed by atoms with E-state index in [1.807, 2.05) is 30.3 Å². The minimum atomic E-state index is -4.00. The molecule has 1 aromatic heterocycles. The number of fused-ring (bicyclic) bond motifs is 1. The van der Waals surface area contributed by atoms with Gasteiger partial charge >= 0.3 is 0 Å². The van der Waals surface area contributed by atoms with E-state index in [0.717, 1.165) is 9.54 Å². The van der Waals surface area contributed by atoms with Crippen molar-refractivity contribution >= 4 is 37.8 Å². The molecule has 0 aliphatic heterocycles. The zero-order chi connectivity index (χ0) is 20.4. The molecule has 29 heavy (non-hydrogen) atoms. The molecule has 0 saturated heterocycles. The molecule has 146 valence electrons. The minimum Gasteiger partial charge on any atom is -0.489 e. The number of hydrogen-bond acceptors (Lipinski definition) is 4. The van der Waals surface area contributed by atoms with Crippen LogP contribution in [0.3, 0.4) is 0 Å². The van der Waals surface area contributed by atoms with E-state index in [-0.39, 0.29) is 10.6 Å². The highest BCUT2D eigenvalue weighted by molar-refractivity contribution is 7.90. The second-order valence-corrected chi connectivity index (χ2v) is 8.51. The molecular weight excluding hydrogens is 410 g/mol. The van der Waals surface area contributed by atoms with Crippen molar-refractivity contribution in [2.45, 2.75) is 11.5 Å². The number of rotatable bonds is 6. The Hall–Kier alpha value is -3.09. The van der Waals surface area contributed by atoms with Gasteiger partial charge in [0.25, 0.3) is 15.3 Å². The zero-order valence-electron chi connectivity index (χ0n) is 15.2. The van der Waals surface area contributed by atoms with Crippen LogP contribution in [0.4, 0.5) is 0 Å². The first kappa shape index (κ1) is 19.2. The van der Waals surface area contributed by atoms with E-state index in [2.05, 4.69) is 0 Å². The lowest BCUT2D eigenvalue weighted by Crippen LogP contribution is -2.16. The minimum absolute atomic E-state index is 0.0704. The van der Waals surface area contributed by atoms with E-state index >= 15 is 0 Å². The topological polar surface area (TPSA) is 65.4 Å². The summed E-state index contributed by atoms with van der Waals surface area (Å²) in [5.74, 6) is 0.559. The third-order valence-electron chi connectivity index (χ3n) is 4.46. The number of aromatic nitrogens is 1. The summed E-state index contributed by atoms with van der Waals surface area (Å²) in [5.41, 5.74) is 1.24. The Morgan fingerprint density at radius 2 is 1.55 bits per heavy atom. The Kier molecular flexibility index (Phi) is 5.13. The lowest BCUT2D eigenvalue weighted by Gasteiger charge is -2.11. The molecule has 4 rings (SSSR count). The Morgan fingerprint density at radius 1 is 0.897 bits per heavy atom. The van der Waals surface area contributed by atoms with Gasteiger partial charge in [0.2, 0.25) is 0 Å². The van der Waals surface area contributed by atoms with Gasteiger partial charge in [-0.2, -0.15) is 0 Å². The highest BCUT2D eigenvalue weighted by Gasteiger charge is 2.25. The Bertz CT molecular complexity index is 1280. The van der Waals surface area contributed by atoms with Gasteiger partial charge in [0, 0.05) is 5.39 Å². The maximum Gasteiger partial charge on any atom is 0.269 e. The fourth-order valence-corrected chi connectivity index (χ4v) is 4.81. The molecule has 3 aromatic carbocycles. The standard InChI is InChI=1S/C22H16ClNO4S/c23-22(25)21-14-17-13-18(28-15-16-7-3-1-4-8-16)11-12-20(17)24(21)29(26,27)19-9-5-2-6-10-19/h1-14H,15H2. The fourth-order valence-electron chi connectivity index (χ4n) is 3.09. The summed E-state index contributed by atoms with van der Waals surface area (Å²) >= 11 is 5.70. The molecule has 0 radical (unpaired) electrons. The van der Waals surface area contributed by atoms with Crippen LogP contribution in [0.5, 0.6) is 5.75 Å². The summed E-state index contributed by atoms with van der Waals surface area (Å²) in [6, 6.07) is 24.0. The predicted octanol–water partition coefficient (Wildman–Crippen LogP) is 4.84. The lowest BCUT2D eigenvalue weighted by atomic mass is 10.2. The van der Waals surface area contributed by atoms with E-state index < -0.39 is 15.3 Å². The highest BCUT2D eigenvalue weighted by Crippen LogP contribution is 2.29. The molecule has 0 bridgehead atoms. The third kappa shape index (κ3) is 3.77. The molecule has 5 nitrogen and oxygen atoms in total. The summed E-state index contributed by atoms with van der Waals surface area (Å²) in [4.78, 5) is 12.0. The van der Waals surface area contributed by atoms with Gasteiger partial charge in [-0.15, -0.1) is 0 Å². The van der Waals surface area contributed by atoms with Crippen molar-refractivity contribution in [2.24, 2.45) is 0 Å². The van der Waals surface area contributed by atoms with Crippen LogP contribution >= 0.6 is 11.6 Å². The van der Waals surface area contributed by atoms with Crippen molar-refractivity contribution in [3.8, 4) is 5.75 Å². The number of carbonyl (C=O) groups excluding carboxylic acids is 1. The molecule has 1 heterocycles. The number of benzene rings is 3. The number of carbonyl (C=O) groups is 1. The maximum atomic E-state index is 13.2. The van der Waals surface area contributed by atoms with Gasteiger partial charge < -0.3 is 4.74 Å². The van der Waals surface area contributed by atoms with Crippen LogP contribution in [-0.2, 0) is 16.6 Å². The predicted molar refractivity (Wildman–Crippen MR) is 112 cm³/mol. The van der Waals surface area contributed by atoms with Crippen LogP contribution in [0.15, 0.2) is 89.8 Å². The average Bonchev–Trinajstić information content (AvgIpc) is 3.14. The lowest BCUT2D eigenvalue weighted by molar-refractivity contribution is 0.107. The molecule has 0 aliphatic rings. The fraction of sp³-hybridized carbons (Fsp3) is 0.0455. The number of halogens is 1. The summed E-state index contributed by atoms with van der Waals surface area (Å²) in [7, 11) is -4.00. The number of ether oxygens (including phenoxy) is 1. The van der Waals surface area contributed by atoms with Gasteiger partial charge in [-0.25, -0.2) is 12.4 Å². The van der Waals surface area contributed by atoms with Gasteiger partial charge in [0.1, 0.15) is 18.1 Å². The van der Waals surface area contributed by atoms with Crippen molar-refractivity contribution in [1.29, 1.82) is 0 Å². The molecule has 0 unspecified atom stereocenters. The van der Waals surface area contributed by atoms with E-state index in [4.69, 9.17) is 16.3 Å². The monoisotopic (exact) mass is 425 g/mol. The van der Waals surface area contributed by atoms with Crippen molar-refractivity contribution in [2.75, 3.05) is 0 Å². The quantitative estimate of drug-likeness (QED) is 0.415. The Morgan fingerprint density at radius 3 is 2.21 bits per heavy atom. The van der Waals surface area contributed by atoms with Crippen LogP contribution < -0.4 is 4.74 Å². The molecule has 0 amide bonds. The largest absolute Gasteiger partial charge is 0.489 e. The molecular formula is C22H16ClNO4S. The van der Waals surface area contributed by atoms with Crippen molar-refractivity contribution in [1.82, 2.24) is 3.97 Å². The molecule has 4 aromatic rings. The second-order valence-electron chi connectivity index (χ2n) is 6.38. The van der Waals surface area contributed by atoms with Gasteiger partial charge in [-0.1, -0.05) is 48.5 Å². The second kappa shape index (κ2) is 7.73. The van der Waals surface area contributed by atoms with Crippen LogP contribution in [0.1, 0.15) is 16.1 Å². The van der Waals surface area contributed by atoms with Gasteiger partial charge in [-0.05, 0) is 53.6 Å². The average molecular weight is 426 g/mol. The molecule has 0 saturated carbocycles. The SMILES string of the molecule is O=C(Cl)c1cc2cc(OCc3ccccc3)ccc2n1S(=O)(=O)c1ccccc1. The van der Waals surface area contributed by atoms with Crippen molar-refractivity contribution in [3.05, 3.63) is 96.2 Å². The van der Waals surface area contributed by atoms with Crippen LogP contribution in [0.2, 0.25) is 0 Å². The van der Waals surface area contributed by atoms with Crippen LogP contribution in [0.25, 0.3) is 10.9 Å². The third-order valence-corrected chi connectivity index (χ3v) is 6.40. The van der Waals surface area contributed by atoms with Crippen LogP contribution in [0, 0.1) is 0 Å². The van der Waals surface area contributed by atoms with Gasteiger partial charge in [0.15, 0.2) is 0 Å². The van der Waals surface area contributed by atoms with Crippen molar-refractivity contribution < 1.29 is 17.9 Å². The highest BCUT2D eigenvalue weighted by atomic mass is 35.5. The summed E-state index contributed by atoms with van der Waals surface area (Å²) in [6.45, 7) is 0.372. The van der Waals surface area contributed by atoms with E-state index in [1.54, 1.807) is 36.4 Å². The van der Waals surface area contributed by atoms with E-state index in [0.29, 0.717) is 23.3 Å². The summed E-state index contributed by atoms with van der Waals surface area (Å²) < 4.78 is 33.1. The maximum absolute atomic E-state index is 13.2. The first-order valence-corrected chi connectivity index (χ1v) is 10.6. The Labute approximate surface area is 173 Å². The zero-order valence-corrected chi connectivity index (χ0v) is 16.7. The van der Waals surface area contributed by atoms with Crippen LogP contribution in [-0.4, -0.2) is 17.6 Å². The number of nitrogens with zero attached hydrogens (tertiary/aromatic N) is 1. The number of hydrogen-bond donors (Lipinski definition) is 0. The molecule has 0 N–H and O–H groups in total. The van der Waals surface area contributed by atoms with Gasteiger partial charge in [0.05, 0.1) is 10.4 Å². The molecule has 0 spiro atoms. The first-order valence-electron chi connectivity index (χ1n) is 8.79. The Balaban J connectivity index is 1.77. The first-order chi connectivity index (χ1) is 14.0. The van der Waals surface area contributed by atoms with E-state index in [1.165, 1.54) is 18.2 Å². The summed E-state index contributed by atoms with van der Waals surface area (Å²) in [5, 5.41) is -0.313. The molecule has 0 fully saturated rings. The normalized spacial score (nSPS) is 11.5. The molecule has 0 aliphatic carbocycles. The molecule has 0 atom stereocenters. The van der Waals surface area contributed by atoms with Gasteiger partial charge in [-0.3, -0.25) is 4.79 Å².